The molecule has 0 aliphatic carbocycles. The topological polar surface area (TPSA) is 138 Å². The number of nitrogens with one attached hydrogen (secondary N) is 3. The van der Waals surface area contributed by atoms with Gasteiger partial charge in [0.1, 0.15) is 0 Å². The highest BCUT2D eigenvalue weighted by Crippen LogP contribution is 2.38. The summed E-state index contributed by atoms with van der Waals surface area (Å²) in [7, 11) is 4.22. The lowest BCUT2D eigenvalue weighted by atomic mass is 9.91. The van der Waals surface area contributed by atoms with E-state index in [0.717, 1.165) is 89.4 Å². The van der Waals surface area contributed by atoms with Crippen LogP contribution in [0.15, 0.2) is 18.2 Å². The number of imidazole rings is 1. The first-order valence-electron chi connectivity index (χ1n) is 17.3. The van der Waals surface area contributed by atoms with Gasteiger partial charge in [0.15, 0.2) is 11.5 Å². The van der Waals surface area contributed by atoms with E-state index in [2.05, 4.69) is 54.3 Å². The van der Waals surface area contributed by atoms with Crippen LogP contribution in [0.5, 0.6) is 0 Å². The van der Waals surface area contributed by atoms with Gasteiger partial charge in [0.25, 0.3) is 6.43 Å². The molecule has 4 saturated heterocycles. The van der Waals surface area contributed by atoms with Gasteiger partial charge < -0.3 is 39.5 Å². The number of nitrogens with zero attached hydrogens (tertiary/aromatic N) is 9. The van der Waals surface area contributed by atoms with Crippen LogP contribution in [-0.4, -0.2) is 162 Å². The number of likely N-dealkylation sites (N-methyl/N-ethyl adjacent to an activating group) is 2. The summed E-state index contributed by atoms with van der Waals surface area (Å²) in [4.78, 5) is 39.5. The molecule has 3 aromatic heterocycles. The summed E-state index contributed by atoms with van der Waals surface area (Å²) >= 11 is 0. The molecule has 0 radical (unpaired) electrons. The van der Waals surface area contributed by atoms with Crippen LogP contribution in [-0.2, 0) is 4.74 Å². The Morgan fingerprint density at radius 3 is 2.16 bits per heavy atom. The Balaban J connectivity index is 0.000000199. The van der Waals surface area contributed by atoms with Gasteiger partial charge in [-0.2, -0.15) is 10.1 Å². The molecule has 4 aliphatic rings. The average molecular weight is 681 g/mol. The van der Waals surface area contributed by atoms with Gasteiger partial charge in [-0.1, -0.05) is 12.1 Å². The van der Waals surface area contributed by atoms with Crippen LogP contribution in [0, 0.1) is 0 Å². The number of aromatic nitrogens is 6. The second kappa shape index (κ2) is 14.9. The summed E-state index contributed by atoms with van der Waals surface area (Å²) < 4.78 is 32.3. The number of piperazine rings is 2. The highest BCUT2D eigenvalue weighted by molar-refractivity contribution is 6.01. The Morgan fingerprint density at radius 2 is 1.53 bits per heavy atom. The van der Waals surface area contributed by atoms with Crippen LogP contribution in [0.1, 0.15) is 36.7 Å². The maximum absolute atomic E-state index is 13.4. The lowest BCUT2D eigenvalue weighted by Crippen LogP contribution is -2.55. The number of alkyl halides is 2. The first-order chi connectivity index (χ1) is 23.9. The molecule has 0 unspecified atom stereocenters. The van der Waals surface area contributed by atoms with Crippen LogP contribution < -0.4 is 10.2 Å². The standard InChI is InChI=1S/C22H24F2N8O.C11H22N4O/c23-19(24)21-26-14-3-1-2-13(17(14)27-21)18-15-16(12-4-6-25-7-5-12)30-31-20(15)29-22(28-18)32-8-10-33-11-9-32;1-12-3-7-14(8-4-12)11(16)15-9-5-13(2)6-10-15/h1-3,12,19,25H,4-11H2,(H,26,27)(H,28,29,30,31);3-10H2,1-2H3. The number of hydrogen-bond acceptors (Lipinski definition) is 10. The molecule has 0 atom stereocenters. The van der Waals surface area contributed by atoms with Gasteiger partial charge in [-0.15, -0.1) is 0 Å². The van der Waals surface area contributed by atoms with Crippen LogP contribution in [0.3, 0.4) is 0 Å². The number of piperidine rings is 1. The van der Waals surface area contributed by atoms with Gasteiger partial charge in [0, 0.05) is 76.9 Å². The van der Waals surface area contributed by atoms with Gasteiger partial charge >= 0.3 is 6.03 Å². The van der Waals surface area contributed by atoms with Crippen molar-refractivity contribution in [2.45, 2.75) is 25.2 Å². The molecule has 49 heavy (non-hydrogen) atoms. The molecule has 1 aromatic carbocycles. The predicted octanol–water partition coefficient (Wildman–Crippen LogP) is 2.74. The van der Waals surface area contributed by atoms with Crippen molar-refractivity contribution in [3.8, 4) is 11.3 Å². The van der Waals surface area contributed by atoms with E-state index in [-0.39, 0.29) is 17.8 Å². The van der Waals surface area contributed by atoms with E-state index < -0.39 is 6.43 Å². The molecule has 0 bridgehead atoms. The zero-order chi connectivity index (χ0) is 33.9. The minimum atomic E-state index is -2.68. The summed E-state index contributed by atoms with van der Waals surface area (Å²) in [6, 6.07) is 5.67. The number of aromatic amines is 2. The number of morpholine rings is 1. The second-order valence-electron chi connectivity index (χ2n) is 13.3. The molecule has 0 saturated carbocycles. The van der Waals surface area contributed by atoms with Crippen LogP contribution in [0.25, 0.3) is 33.3 Å². The van der Waals surface area contributed by atoms with Crippen molar-refractivity contribution >= 4 is 34.0 Å². The minimum Gasteiger partial charge on any atom is -0.378 e. The van der Waals surface area contributed by atoms with Gasteiger partial charge in [-0.25, -0.2) is 23.5 Å². The molecule has 4 fully saturated rings. The van der Waals surface area contributed by atoms with E-state index in [4.69, 9.17) is 14.7 Å². The monoisotopic (exact) mass is 680 g/mol. The predicted molar refractivity (Wildman–Crippen MR) is 183 cm³/mol. The average Bonchev–Trinajstić information content (AvgIpc) is 3.78. The number of fused-ring (bicyclic) bond motifs is 2. The number of benzene rings is 1. The Labute approximate surface area is 284 Å². The summed E-state index contributed by atoms with van der Waals surface area (Å²) in [5, 5.41) is 12.0. The maximum atomic E-state index is 13.4. The zero-order valence-electron chi connectivity index (χ0n) is 28.3. The highest BCUT2D eigenvalue weighted by Gasteiger charge is 2.28. The number of carbonyl (C=O) groups is 1. The molecule has 7 heterocycles. The number of rotatable bonds is 4. The van der Waals surface area contributed by atoms with Crippen LogP contribution in [0.2, 0.25) is 0 Å². The van der Waals surface area contributed by atoms with Gasteiger partial charge in [0.2, 0.25) is 5.95 Å². The molecule has 4 aromatic rings. The van der Waals surface area contributed by atoms with E-state index in [1.807, 2.05) is 21.9 Å². The summed E-state index contributed by atoms with van der Waals surface area (Å²) in [5.74, 6) is 0.503. The first kappa shape index (κ1) is 33.5. The van der Waals surface area contributed by atoms with Gasteiger partial charge in [0.05, 0.1) is 41.0 Å². The minimum absolute atomic E-state index is 0.237. The second-order valence-corrected chi connectivity index (χ2v) is 13.3. The molecule has 16 heteroatoms. The van der Waals surface area contributed by atoms with Gasteiger partial charge in [-0.3, -0.25) is 5.10 Å². The van der Waals surface area contributed by atoms with Crippen molar-refractivity contribution in [1.29, 1.82) is 0 Å². The molecule has 14 nitrogen and oxygen atoms in total. The highest BCUT2D eigenvalue weighted by atomic mass is 19.3. The van der Waals surface area contributed by atoms with Crippen LogP contribution >= 0.6 is 0 Å². The number of anilines is 1. The normalized spacial score (nSPS) is 20.3. The molecule has 264 valence electrons. The van der Waals surface area contributed by atoms with Crippen molar-refractivity contribution in [2.24, 2.45) is 0 Å². The number of para-hydroxylation sites is 1. The van der Waals surface area contributed by atoms with Crippen LogP contribution in [0.4, 0.5) is 19.5 Å². The van der Waals surface area contributed by atoms with Gasteiger partial charge in [-0.05, 0) is 46.1 Å². The number of urea groups is 1. The maximum Gasteiger partial charge on any atom is 0.320 e. The molecular formula is C33H46F2N12O2. The third-order valence-corrected chi connectivity index (χ3v) is 10.0. The fourth-order valence-electron chi connectivity index (χ4n) is 6.98. The Bertz CT molecular complexity index is 1700. The van der Waals surface area contributed by atoms with E-state index in [0.29, 0.717) is 60.2 Å². The number of hydrogen-bond donors (Lipinski definition) is 3. The van der Waals surface area contributed by atoms with Crippen molar-refractivity contribution in [2.75, 3.05) is 111 Å². The third kappa shape index (κ3) is 7.32. The van der Waals surface area contributed by atoms with Crippen molar-refractivity contribution in [3.63, 3.8) is 0 Å². The van der Waals surface area contributed by atoms with Crippen molar-refractivity contribution < 1.29 is 18.3 Å². The molecule has 3 N–H and O–H groups in total. The molecule has 2 amide bonds. The van der Waals surface area contributed by atoms with E-state index in [1.54, 1.807) is 6.07 Å². The zero-order valence-corrected chi connectivity index (χ0v) is 28.3. The first-order valence-corrected chi connectivity index (χ1v) is 17.3. The summed E-state index contributed by atoms with van der Waals surface area (Å²) in [6.45, 7) is 11.9. The molecule has 0 spiro atoms. The number of halogens is 2. The Hall–Kier alpha value is -3.99. The Kier molecular flexibility index (Phi) is 10.2. The number of carbonyl (C=O) groups excluding carboxylic acids is 1. The third-order valence-electron chi connectivity index (χ3n) is 10.0. The van der Waals surface area contributed by atoms with E-state index >= 15 is 0 Å². The van der Waals surface area contributed by atoms with Crippen molar-refractivity contribution in [3.05, 3.63) is 29.7 Å². The largest absolute Gasteiger partial charge is 0.378 e. The Morgan fingerprint density at radius 1 is 0.878 bits per heavy atom. The van der Waals surface area contributed by atoms with E-state index in [9.17, 15) is 13.6 Å². The fraction of sp³-hybridized carbons (Fsp3) is 0.606. The number of amides is 2. The number of ether oxygens (including phenoxy) is 1. The summed E-state index contributed by atoms with van der Waals surface area (Å²) in [6.07, 6.45) is -0.748. The quantitative estimate of drug-likeness (QED) is 0.295. The molecular weight excluding hydrogens is 634 g/mol. The molecule has 4 aliphatic heterocycles. The smallest absolute Gasteiger partial charge is 0.320 e. The number of H-pyrrole nitrogens is 2. The summed E-state index contributed by atoms with van der Waals surface area (Å²) in [5.41, 5.74) is 4.00. The lowest BCUT2D eigenvalue weighted by Gasteiger charge is -2.39. The SMILES string of the molecule is CN1CCN(C(=O)N2CCN(C)CC2)CC1.FC(F)c1nc2cccc(-c3nc(N4CCOCC4)nc4[nH]nc(C5CCNCC5)c34)c2[nH]1. The lowest BCUT2D eigenvalue weighted by molar-refractivity contribution is 0.102. The van der Waals surface area contributed by atoms with Crippen molar-refractivity contribution in [1.82, 2.24) is 55.0 Å². The fourth-order valence-corrected chi connectivity index (χ4v) is 6.98. The van der Waals surface area contributed by atoms with E-state index in [1.165, 1.54) is 0 Å². The molecule has 8 rings (SSSR count).